The highest BCUT2D eigenvalue weighted by Gasteiger charge is 2.19. The van der Waals surface area contributed by atoms with Crippen molar-refractivity contribution in [3.63, 3.8) is 0 Å². The van der Waals surface area contributed by atoms with Crippen molar-refractivity contribution in [1.82, 2.24) is 4.90 Å². The van der Waals surface area contributed by atoms with E-state index in [-0.39, 0.29) is 12.4 Å². The third-order valence-corrected chi connectivity index (χ3v) is 4.10. The number of anilines is 2. The summed E-state index contributed by atoms with van der Waals surface area (Å²) in [6.45, 7) is -0.652. The molecule has 0 fully saturated rings. The van der Waals surface area contributed by atoms with Gasteiger partial charge in [-0.1, -0.05) is 36.4 Å². The molecule has 2 nitrogen and oxygen atoms in total. The third-order valence-electron chi connectivity index (χ3n) is 4.10. The van der Waals surface area contributed by atoms with Gasteiger partial charge in [-0.05, 0) is 63.1 Å². The lowest BCUT2D eigenvalue weighted by atomic mass is 10.0. The molecule has 0 bridgehead atoms. The number of fused-ring (bicyclic) bond motifs is 2. The zero-order valence-electron chi connectivity index (χ0n) is 16.0. The lowest BCUT2D eigenvalue weighted by molar-refractivity contribution is 0.402. The van der Waals surface area contributed by atoms with Crippen LogP contribution in [0.1, 0.15) is 21.7 Å². The molecule has 22 heavy (non-hydrogen) atoms. The number of rotatable bonds is 4. The van der Waals surface area contributed by atoms with Gasteiger partial charge in [-0.3, -0.25) is 0 Å². The van der Waals surface area contributed by atoms with Gasteiger partial charge >= 0.3 is 0 Å². The second kappa shape index (κ2) is 7.66. The highest BCUT2D eigenvalue weighted by atomic mass is 35.5. The zero-order chi connectivity index (χ0) is 17.2. The maximum Gasteiger partial charge on any atom is 0.0443 e. The molecule has 1 aliphatic rings. The van der Waals surface area contributed by atoms with Crippen LogP contribution in [-0.4, -0.2) is 32.0 Å². The Labute approximate surface area is 144 Å². The molecule has 3 heteroatoms. The Balaban J connectivity index is 0.00000225. The summed E-state index contributed by atoms with van der Waals surface area (Å²) in [5, 5.41) is 0. The van der Waals surface area contributed by atoms with Gasteiger partial charge in [0.2, 0.25) is 0 Å². The fraction of sp³-hybridized carbons (Fsp3) is 0.368. The van der Waals surface area contributed by atoms with Crippen molar-refractivity contribution in [3.05, 3.63) is 59.7 Å². The van der Waals surface area contributed by atoms with E-state index in [0.29, 0.717) is 6.54 Å². The maximum atomic E-state index is 7.48. The van der Waals surface area contributed by atoms with Crippen molar-refractivity contribution in [2.75, 3.05) is 32.0 Å². The van der Waals surface area contributed by atoms with Crippen LogP contribution in [-0.2, 0) is 12.8 Å². The third kappa shape index (κ3) is 3.63. The zero-order valence-corrected chi connectivity index (χ0v) is 13.8. The van der Waals surface area contributed by atoms with Gasteiger partial charge < -0.3 is 9.80 Å². The Kier molecular flexibility index (Phi) is 4.52. The largest absolute Gasteiger partial charge is 0.341 e. The molecule has 0 atom stereocenters. The molecule has 2 aromatic carbocycles. The van der Waals surface area contributed by atoms with Gasteiger partial charge in [-0.2, -0.15) is 0 Å². The molecule has 118 valence electrons. The highest BCUT2D eigenvalue weighted by molar-refractivity contribution is 5.85. The molecule has 3 rings (SSSR count). The van der Waals surface area contributed by atoms with Crippen molar-refractivity contribution in [2.45, 2.75) is 19.3 Å². The lowest BCUT2D eigenvalue weighted by Gasteiger charge is -2.27. The van der Waals surface area contributed by atoms with Gasteiger partial charge in [0.1, 0.15) is 0 Å². The molecule has 0 aromatic heterocycles. The summed E-state index contributed by atoms with van der Waals surface area (Å²) in [6, 6.07) is 17.1. The summed E-state index contributed by atoms with van der Waals surface area (Å²) in [5.41, 5.74) is 5.22. The standard InChI is InChI=1S/C19H24N2.ClH/c1-20(2)14-7-15-21-18-10-5-3-8-16(18)12-13-17-9-4-6-11-19(17)21;/h3-6,8-11H,7,12-15H2,1-2H3;1H/i1D3;. The molecular formula is C19H25ClN2. The van der Waals surface area contributed by atoms with Crippen LogP contribution < -0.4 is 4.90 Å². The molecular weight excluding hydrogens is 292 g/mol. The van der Waals surface area contributed by atoms with E-state index in [1.54, 1.807) is 7.05 Å². The first-order valence-corrected chi connectivity index (χ1v) is 7.61. The molecule has 0 aliphatic carbocycles. The molecule has 0 N–H and O–H groups in total. The molecule has 1 aliphatic heterocycles. The van der Waals surface area contributed by atoms with E-state index in [0.717, 1.165) is 25.8 Å². The quantitative estimate of drug-likeness (QED) is 0.829. The van der Waals surface area contributed by atoms with Gasteiger partial charge in [0.05, 0.1) is 0 Å². The Morgan fingerprint density at radius 3 is 2.09 bits per heavy atom. The average Bonchev–Trinajstić information content (AvgIpc) is 2.72. The number of nitrogens with zero attached hydrogens (tertiary/aromatic N) is 2. The molecule has 1 heterocycles. The fourth-order valence-corrected chi connectivity index (χ4v) is 3.08. The summed E-state index contributed by atoms with van der Waals surface area (Å²) < 4.78 is 22.4. The average molecular weight is 320 g/mol. The van der Waals surface area contributed by atoms with E-state index in [1.807, 2.05) is 0 Å². The van der Waals surface area contributed by atoms with E-state index in [4.69, 9.17) is 4.11 Å². The summed E-state index contributed by atoms with van der Waals surface area (Å²) in [7, 11) is 1.66. The minimum absolute atomic E-state index is 0. The van der Waals surface area contributed by atoms with Crippen molar-refractivity contribution in [2.24, 2.45) is 0 Å². The number of hydrogen-bond donors (Lipinski definition) is 0. The Bertz CT molecular complexity index is 656. The summed E-state index contributed by atoms with van der Waals surface area (Å²) in [6.07, 6.45) is 2.88. The normalized spacial score (nSPS) is 15.7. The monoisotopic (exact) mass is 319 g/mol. The van der Waals surface area contributed by atoms with Gasteiger partial charge in [0.15, 0.2) is 0 Å². The van der Waals surface area contributed by atoms with Crippen LogP contribution in [0.2, 0.25) is 0 Å². The minimum atomic E-state index is -2.02. The molecule has 0 saturated carbocycles. The highest BCUT2D eigenvalue weighted by Crippen LogP contribution is 2.35. The first-order valence-electron chi connectivity index (χ1n) is 9.11. The van der Waals surface area contributed by atoms with Crippen LogP contribution in [0, 0.1) is 0 Å². The van der Waals surface area contributed by atoms with Crippen LogP contribution >= 0.6 is 12.4 Å². The Morgan fingerprint density at radius 2 is 1.55 bits per heavy atom. The number of para-hydroxylation sites is 2. The number of benzene rings is 2. The maximum absolute atomic E-state index is 7.48. The van der Waals surface area contributed by atoms with Crippen molar-refractivity contribution in [1.29, 1.82) is 0 Å². The molecule has 0 amide bonds. The topological polar surface area (TPSA) is 6.48 Å². The van der Waals surface area contributed by atoms with Gasteiger partial charge in [-0.15, -0.1) is 12.4 Å². The van der Waals surface area contributed by atoms with E-state index in [2.05, 4.69) is 53.4 Å². The van der Waals surface area contributed by atoms with E-state index in [1.165, 1.54) is 27.4 Å². The number of aryl methyl sites for hydroxylation is 2. The minimum Gasteiger partial charge on any atom is -0.341 e. The summed E-state index contributed by atoms with van der Waals surface area (Å²) in [4.78, 5) is 3.80. The van der Waals surface area contributed by atoms with Crippen LogP contribution in [0.15, 0.2) is 48.5 Å². The Hall–Kier alpha value is -1.51. The Morgan fingerprint density at radius 1 is 1.00 bits per heavy atom. The van der Waals surface area contributed by atoms with Gasteiger partial charge in [0, 0.05) is 22.0 Å². The number of halogens is 1. The second-order valence-electron chi connectivity index (χ2n) is 5.68. The van der Waals surface area contributed by atoms with Crippen LogP contribution in [0.5, 0.6) is 0 Å². The van der Waals surface area contributed by atoms with Crippen molar-refractivity contribution >= 4 is 23.8 Å². The molecule has 0 radical (unpaired) electrons. The van der Waals surface area contributed by atoms with Gasteiger partial charge in [0.25, 0.3) is 0 Å². The van der Waals surface area contributed by atoms with E-state index < -0.39 is 6.98 Å². The van der Waals surface area contributed by atoms with Crippen LogP contribution in [0.4, 0.5) is 11.4 Å². The fourth-order valence-electron chi connectivity index (χ4n) is 3.08. The second-order valence-corrected chi connectivity index (χ2v) is 5.68. The molecule has 0 unspecified atom stereocenters. The molecule has 0 saturated heterocycles. The van der Waals surface area contributed by atoms with E-state index >= 15 is 0 Å². The van der Waals surface area contributed by atoms with Crippen LogP contribution in [0.25, 0.3) is 0 Å². The smallest absolute Gasteiger partial charge is 0.0443 e. The summed E-state index contributed by atoms with van der Waals surface area (Å²) in [5.74, 6) is 0. The first kappa shape index (κ1) is 13.0. The lowest BCUT2D eigenvalue weighted by Crippen LogP contribution is -2.23. The molecule has 2 aromatic rings. The first-order chi connectivity index (χ1) is 11.5. The van der Waals surface area contributed by atoms with E-state index in [9.17, 15) is 0 Å². The van der Waals surface area contributed by atoms with Gasteiger partial charge in [-0.25, -0.2) is 0 Å². The predicted molar refractivity (Wildman–Crippen MR) is 97.7 cm³/mol. The van der Waals surface area contributed by atoms with Crippen LogP contribution in [0.3, 0.4) is 0 Å². The van der Waals surface area contributed by atoms with Crippen molar-refractivity contribution < 1.29 is 4.11 Å². The predicted octanol–water partition coefficient (Wildman–Crippen LogP) is 4.30. The summed E-state index contributed by atoms with van der Waals surface area (Å²) >= 11 is 0. The SMILES string of the molecule is Cl.[2H]C([2H])([2H])N(C)CCCN1c2ccccc2CCc2ccccc21. The number of hydrogen-bond acceptors (Lipinski definition) is 2. The molecule has 0 spiro atoms. The van der Waals surface area contributed by atoms with Crippen molar-refractivity contribution in [3.8, 4) is 0 Å².